The summed E-state index contributed by atoms with van der Waals surface area (Å²) in [6.45, 7) is 5.11. The number of hydrogen-bond acceptors (Lipinski definition) is 6. The van der Waals surface area contributed by atoms with Gasteiger partial charge in [0.15, 0.2) is 22.5 Å². The summed E-state index contributed by atoms with van der Waals surface area (Å²) in [6, 6.07) is 12.0. The van der Waals surface area contributed by atoms with Crippen LogP contribution in [0.3, 0.4) is 0 Å². The molecule has 0 unspecified atom stereocenters. The van der Waals surface area contributed by atoms with Gasteiger partial charge in [0.25, 0.3) is 0 Å². The highest BCUT2D eigenvalue weighted by Gasteiger charge is 2.18. The number of halogens is 1. The minimum atomic E-state index is -0.353. The zero-order chi connectivity index (χ0) is 23.1. The number of nitrogens with zero attached hydrogens (tertiary/aromatic N) is 3. The molecule has 0 aliphatic heterocycles. The van der Waals surface area contributed by atoms with Crippen LogP contribution in [0.5, 0.6) is 11.5 Å². The van der Waals surface area contributed by atoms with E-state index in [4.69, 9.17) is 9.47 Å². The van der Waals surface area contributed by atoms with Gasteiger partial charge in [-0.25, -0.2) is 4.39 Å². The fourth-order valence-corrected chi connectivity index (χ4v) is 3.92. The van der Waals surface area contributed by atoms with Crippen LogP contribution >= 0.6 is 11.8 Å². The summed E-state index contributed by atoms with van der Waals surface area (Å²) >= 11 is 1.28. The first-order chi connectivity index (χ1) is 15.4. The maximum absolute atomic E-state index is 14.3. The van der Waals surface area contributed by atoms with Gasteiger partial charge in [-0.1, -0.05) is 43.8 Å². The molecule has 3 aromatic rings. The van der Waals surface area contributed by atoms with E-state index in [1.165, 1.54) is 17.8 Å². The lowest BCUT2D eigenvalue weighted by Gasteiger charge is -2.13. The standard InChI is InChI=1S/C23H27FN4O3S/c1-15(2)13-28-22(17-7-5-6-8-18(17)24)26-27-23(28)32-14-21(29)25-12-16-9-10-19(30-3)20(11-16)31-4/h5-11,15H,12-14H2,1-4H3,(H,25,29). The molecule has 3 rings (SSSR count). The van der Waals surface area contributed by atoms with Crippen LogP contribution < -0.4 is 14.8 Å². The van der Waals surface area contributed by atoms with Crippen LogP contribution in [-0.2, 0) is 17.9 Å². The predicted molar refractivity (Wildman–Crippen MR) is 122 cm³/mol. The SMILES string of the molecule is COc1ccc(CNC(=O)CSc2nnc(-c3ccccc3F)n2CC(C)C)cc1OC. The lowest BCUT2D eigenvalue weighted by molar-refractivity contribution is -0.118. The average molecular weight is 459 g/mol. The number of hydrogen-bond donors (Lipinski definition) is 1. The van der Waals surface area contributed by atoms with Gasteiger partial charge in [-0.3, -0.25) is 4.79 Å². The van der Waals surface area contributed by atoms with Crippen molar-refractivity contribution in [2.45, 2.75) is 32.1 Å². The lowest BCUT2D eigenvalue weighted by atomic mass is 10.2. The van der Waals surface area contributed by atoms with Crippen molar-refractivity contribution in [3.05, 3.63) is 53.8 Å². The van der Waals surface area contributed by atoms with E-state index in [2.05, 4.69) is 29.4 Å². The van der Waals surface area contributed by atoms with Gasteiger partial charge in [0.05, 0.1) is 25.5 Å². The van der Waals surface area contributed by atoms with Crippen LogP contribution in [0.15, 0.2) is 47.6 Å². The fraction of sp³-hybridized carbons (Fsp3) is 0.348. The van der Waals surface area contributed by atoms with Gasteiger partial charge in [-0.2, -0.15) is 0 Å². The number of thioether (sulfide) groups is 1. The third-order valence-electron chi connectivity index (χ3n) is 4.65. The monoisotopic (exact) mass is 458 g/mol. The van der Waals surface area contributed by atoms with Crippen LogP contribution in [0.2, 0.25) is 0 Å². The van der Waals surface area contributed by atoms with Crippen LogP contribution in [0.4, 0.5) is 4.39 Å². The van der Waals surface area contributed by atoms with Gasteiger partial charge in [-0.15, -0.1) is 10.2 Å². The molecule has 1 N–H and O–H groups in total. The maximum Gasteiger partial charge on any atom is 0.230 e. The van der Waals surface area contributed by atoms with Crippen LogP contribution in [0, 0.1) is 11.7 Å². The molecule has 1 amide bonds. The van der Waals surface area contributed by atoms with E-state index >= 15 is 0 Å². The molecule has 0 aliphatic carbocycles. The van der Waals surface area contributed by atoms with Crippen LogP contribution in [-0.4, -0.2) is 40.6 Å². The summed E-state index contributed by atoms with van der Waals surface area (Å²) in [4.78, 5) is 12.4. The Kier molecular flexibility index (Phi) is 8.10. The Hall–Kier alpha value is -3.07. The van der Waals surface area contributed by atoms with E-state index in [0.29, 0.717) is 47.1 Å². The Morgan fingerprint density at radius 3 is 2.56 bits per heavy atom. The molecule has 0 saturated carbocycles. The number of aromatic nitrogens is 3. The Bertz CT molecular complexity index is 1070. The molecule has 0 aliphatic rings. The maximum atomic E-state index is 14.3. The molecular formula is C23H27FN4O3S. The Balaban J connectivity index is 1.66. The van der Waals surface area contributed by atoms with E-state index in [1.54, 1.807) is 38.5 Å². The third-order valence-corrected chi connectivity index (χ3v) is 5.62. The molecule has 0 atom stereocenters. The molecule has 1 aromatic heterocycles. The zero-order valence-corrected chi connectivity index (χ0v) is 19.4. The fourth-order valence-electron chi connectivity index (χ4n) is 3.14. The number of ether oxygens (including phenoxy) is 2. The number of amides is 1. The number of carbonyl (C=O) groups is 1. The molecule has 0 fully saturated rings. The van der Waals surface area contributed by atoms with Crippen molar-refractivity contribution in [2.24, 2.45) is 5.92 Å². The van der Waals surface area contributed by atoms with Gasteiger partial charge in [-0.05, 0) is 35.7 Å². The van der Waals surface area contributed by atoms with Crippen molar-refractivity contribution < 1.29 is 18.7 Å². The van der Waals surface area contributed by atoms with Gasteiger partial charge in [0.1, 0.15) is 5.82 Å². The first-order valence-corrected chi connectivity index (χ1v) is 11.2. The second kappa shape index (κ2) is 11.0. The number of carbonyl (C=O) groups excluding carboxylic acids is 1. The number of rotatable bonds is 10. The number of benzene rings is 2. The van der Waals surface area contributed by atoms with Crippen LogP contribution in [0.1, 0.15) is 19.4 Å². The highest BCUT2D eigenvalue weighted by Crippen LogP contribution is 2.28. The lowest BCUT2D eigenvalue weighted by Crippen LogP contribution is -2.24. The molecule has 170 valence electrons. The summed E-state index contributed by atoms with van der Waals surface area (Å²) in [6.07, 6.45) is 0. The smallest absolute Gasteiger partial charge is 0.230 e. The summed E-state index contributed by atoms with van der Waals surface area (Å²) in [7, 11) is 3.14. The average Bonchev–Trinajstić information content (AvgIpc) is 3.17. The summed E-state index contributed by atoms with van der Waals surface area (Å²) in [5.41, 5.74) is 1.29. The Morgan fingerprint density at radius 2 is 1.88 bits per heavy atom. The molecule has 9 heteroatoms. The first kappa shape index (κ1) is 23.6. The van der Waals surface area contributed by atoms with Gasteiger partial charge in [0.2, 0.25) is 5.91 Å². The Labute approximate surface area is 191 Å². The predicted octanol–water partition coefficient (Wildman–Crippen LogP) is 4.17. The topological polar surface area (TPSA) is 78.3 Å². The van der Waals surface area contributed by atoms with Gasteiger partial charge < -0.3 is 19.4 Å². The van der Waals surface area contributed by atoms with Crippen molar-refractivity contribution in [2.75, 3.05) is 20.0 Å². The molecule has 0 bridgehead atoms. The Morgan fingerprint density at radius 1 is 1.12 bits per heavy atom. The quantitative estimate of drug-likeness (QED) is 0.460. The normalized spacial score (nSPS) is 10.9. The second-order valence-corrected chi connectivity index (χ2v) is 8.49. The number of nitrogens with one attached hydrogen (secondary N) is 1. The van der Waals surface area contributed by atoms with E-state index in [1.807, 2.05) is 16.7 Å². The molecule has 0 spiro atoms. The van der Waals surface area contributed by atoms with E-state index in [-0.39, 0.29) is 17.5 Å². The number of methoxy groups -OCH3 is 2. The summed E-state index contributed by atoms with van der Waals surface area (Å²) < 4.78 is 26.7. The van der Waals surface area contributed by atoms with Crippen molar-refractivity contribution in [3.63, 3.8) is 0 Å². The highest BCUT2D eigenvalue weighted by atomic mass is 32.2. The summed E-state index contributed by atoms with van der Waals surface area (Å²) in [5, 5.41) is 11.9. The molecule has 0 saturated heterocycles. The minimum Gasteiger partial charge on any atom is -0.493 e. The molecule has 7 nitrogen and oxygen atoms in total. The van der Waals surface area contributed by atoms with Crippen molar-refractivity contribution in [1.29, 1.82) is 0 Å². The van der Waals surface area contributed by atoms with Crippen molar-refractivity contribution >= 4 is 17.7 Å². The van der Waals surface area contributed by atoms with Gasteiger partial charge in [0, 0.05) is 13.1 Å². The molecular weight excluding hydrogens is 431 g/mol. The first-order valence-electron chi connectivity index (χ1n) is 10.2. The van der Waals surface area contributed by atoms with E-state index < -0.39 is 0 Å². The van der Waals surface area contributed by atoms with Gasteiger partial charge >= 0.3 is 0 Å². The molecule has 32 heavy (non-hydrogen) atoms. The molecule has 2 aromatic carbocycles. The minimum absolute atomic E-state index is 0.142. The van der Waals surface area contributed by atoms with Crippen molar-refractivity contribution in [3.8, 4) is 22.9 Å². The second-order valence-electron chi connectivity index (χ2n) is 7.55. The van der Waals surface area contributed by atoms with Crippen molar-refractivity contribution in [1.82, 2.24) is 20.1 Å². The largest absolute Gasteiger partial charge is 0.493 e. The highest BCUT2D eigenvalue weighted by molar-refractivity contribution is 7.99. The van der Waals surface area contributed by atoms with E-state index in [0.717, 1.165) is 5.56 Å². The van der Waals surface area contributed by atoms with Crippen LogP contribution in [0.25, 0.3) is 11.4 Å². The third kappa shape index (κ3) is 5.79. The zero-order valence-electron chi connectivity index (χ0n) is 18.6. The summed E-state index contributed by atoms with van der Waals surface area (Å²) in [5.74, 6) is 1.68. The molecule has 0 radical (unpaired) electrons. The van der Waals surface area contributed by atoms with E-state index in [9.17, 15) is 9.18 Å². The molecule has 1 heterocycles.